The first-order valence-electron chi connectivity index (χ1n) is 12.4. The van der Waals surface area contributed by atoms with E-state index in [1.165, 1.54) is 4.90 Å². The Labute approximate surface area is 232 Å². The number of benzene rings is 2. The fourth-order valence-electron chi connectivity index (χ4n) is 4.91. The second-order valence-corrected chi connectivity index (χ2v) is 13.3. The van der Waals surface area contributed by atoms with E-state index < -0.39 is 64.1 Å². The number of aliphatic carboxylic acids is 1. The Bertz CT molecular complexity index is 1290. The minimum atomic E-state index is -4.05. The van der Waals surface area contributed by atoms with Crippen molar-refractivity contribution in [1.29, 1.82) is 0 Å². The number of amides is 1. The maximum Gasteiger partial charge on any atom is 0.306 e. The number of ether oxygens (including phenoxy) is 1. The molecule has 0 spiro atoms. The highest BCUT2D eigenvalue weighted by atomic mass is 35.5. The molecule has 206 valence electrons. The lowest BCUT2D eigenvalue weighted by Gasteiger charge is -2.48. The Morgan fingerprint density at radius 2 is 1.76 bits per heavy atom. The lowest BCUT2D eigenvalue weighted by atomic mass is 9.89. The van der Waals surface area contributed by atoms with Crippen LogP contribution < -0.4 is 0 Å². The van der Waals surface area contributed by atoms with Crippen molar-refractivity contribution in [3.05, 3.63) is 69.7 Å². The molecule has 1 saturated carbocycles. The summed E-state index contributed by atoms with van der Waals surface area (Å²) in [4.78, 5) is 27.2. The van der Waals surface area contributed by atoms with Crippen molar-refractivity contribution in [3.8, 4) is 0 Å². The average Bonchev–Trinajstić information content (AvgIpc) is 3.63. The van der Waals surface area contributed by atoms with E-state index in [2.05, 4.69) is 0 Å². The Morgan fingerprint density at radius 3 is 2.32 bits per heavy atom. The topological polar surface area (TPSA) is 110 Å². The van der Waals surface area contributed by atoms with E-state index >= 15 is 0 Å². The van der Waals surface area contributed by atoms with Crippen molar-refractivity contribution in [2.75, 3.05) is 5.75 Å². The van der Waals surface area contributed by atoms with E-state index in [-0.39, 0.29) is 5.92 Å². The minimum Gasteiger partial charge on any atom is -0.481 e. The molecule has 2 aliphatic rings. The zero-order valence-corrected chi connectivity index (χ0v) is 23.7. The van der Waals surface area contributed by atoms with Crippen LogP contribution in [-0.2, 0) is 28.6 Å². The first-order valence-corrected chi connectivity index (χ1v) is 14.7. The number of carboxylic acid groups (broad SMARTS) is 1. The summed E-state index contributed by atoms with van der Waals surface area (Å²) in [5, 5.41) is 10.5. The monoisotopic (exact) mass is 583 g/mol. The van der Waals surface area contributed by atoms with Gasteiger partial charge in [0.2, 0.25) is 0 Å². The molecule has 1 saturated heterocycles. The van der Waals surface area contributed by atoms with Gasteiger partial charge in [-0.05, 0) is 74.9 Å². The van der Waals surface area contributed by atoms with E-state index in [1.54, 1.807) is 69.3 Å². The molecule has 11 heteroatoms. The molecular formula is C27H31Cl2NO7S. The Kier molecular flexibility index (Phi) is 8.45. The number of nitrogens with zero attached hydrogens (tertiary/aromatic N) is 1. The summed E-state index contributed by atoms with van der Waals surface area (Å²) in [6.45, 7) is 4.93. The Morgan fingerprint density at radius 1 is 1.11 bits per heavy atom. The molecule has 2 aromatic carbocycles. The van der Waals surface area contributed by atoms with Crippen LogP contribution in [0.3, 0.4) is 0 Å². The summed E-state index contributed by atoms with van der Waals surface area (Å²) >= 11 is 12.4. The van der Waals surface area contributed by atoms with Crippen molar-refractivity contribution in [1.82, 2.24) is 4.90 Å². The molecule has 1 aliphatic carbocycles. The summed E-state index contributed by atoms with van der Waals surface area (Å²) < 4.78 is 37.9. The molecule has 1 heterocycles. The summed E-state index contributed by atoms with van der Waals surface area (Å²) in [7, 11) is -4.05. The van der Waals surface area contributed by atoms with E-state index in [0.29, 0.717) is 21.2 Å². The van der Waals surface area contributed by atoms with Gasteiger partial charge in [-0.3, -0.25) is 13.8 Å². The molecule has 8 nitrogen and oxygen atoms in total. The first kappa shape index (κ1) is 28.8. The van der Waals surface area contributed by atoms with E-state index in [4.69, 9.17) is 32.1 Å². The highest BCUT2D eigenvalue weighted by Gasteiger charge is 2.51. The SMILES string of the molecule is CC(C)(C)OS(=O)(=O)C[C@H](C1CC1)N1C(=O)[C@@H](CC(=O)O)O[C@H](c2cccc(Cl)c2)[C@H]1c1ccc(Cl)cc1. The zero-order valence-electron chi connectivity index (χ0n) is 21.3. The van der Waals surface area contributed by atoms with E-state index in [1.807, 2.05) is 0 Å². The van der Waals surface area contributed by atoms with E-state index in [9.17, 15) is 23.1 Å². The molecule has 2 aromatic rings. The van der Waals surface area contributed by atoms with Gasteiger partial charge in [0.25, 0.3) is 16.0 Å². The van der Waals surface area contributed by atoms with Crippen molar-refractivity contribution < 1.29 is 32.0 Å². The van der Waals surface area contributed by atoms with Gasteiger partial charge in [0.05, 0.1) is 29.9 Å². The number of hydrogen-bond donors (Lipinski definition) is 1. The molecule has 1 amide bonds. The maximum absolute atomic E-state index is 14.0. The fourth-order valence-corrected chi connectivity index (χ4v) is 6.92. The van der Waals surface area contributed by atoms with Crippen LogP contribution in [0, 0.1) is 5.92 Å². The molecule has 0 aromatic heterocycles. The molecule has 4 atom stereocenters. The number of halogens is 2. The van der Waals surface area contributed by atoms with Crippen LogP contribution >= 0.6 is 23.2 Å². The Hall–Kier alpha value is -2.17. The van der Waals surface area contributed by atoms with Crippen LogP contribution in [0.1, 0.15) is 63.3 Å². The summed E-state index contributed by atoms with van der Waals surface area (Å²) in [6, 6.07) is 12.3. The normalized spacial score (nSPS) is 23.3. The molecular weight excluding hydrogens is 553 g/mol. The average molecular weight is 585 g/mol. The predicted octanol–water partition coefficient (Wildman–Crippen LogP) is 5.40. The standard InChI is InChI=1S/C27H31Cl2NO7S/c1-27(2,3)37-38(34,35)15-21(16-7-8-16)30-24(17-9-11-19(28)12-10-17)25(18-5-4-6-20(29)13-18)36-22(26(30)33)14-23(31)32/h4-6,9-13,16,21-22,24-25H,7-8,14-15H2,1-3H3,(H,31,32)/t21-,22-,24-,25-/m1/s1. The summed E-state index contributed by atoms with van der Waals surface area (Å²) in [6.07, 6.45) is -1.22. The third-order valence-electron chi connectivity index (χ3n) is 6.45. The largest absolute Gasteiger partial charge is 0.481 e. The predicted molar refractivity (Wildman–Crippen MR) is 143 cm³/mol. The van der Waals surface area contributed by atoms with Crippen LogP contribution in [0.4, 0.5) is 0 Å². The number of hydrogen-bond acceptors (Lipinski definition) is 6. The van der Waals surface area contributed by atoms with Crippen LogP contribution in [-0.4, -0.2) is 53.8 Å². The quantitative estimate of drug-likeness (QED) is 0.393. The highest BCUT2D eigenvalue weighted by Crippen LogP contribution is 2.48. The van der Waals surface area contributed by atoms with Crippen molar-refractivity contribution in [3.63, 3.8) is 0 Å². The summed E-state index contributed by atoms with van der Waals surface area (Å²) in [5.41, 5.74) is 0.349. The molecule has 2 fully saturated rings. The number of carbonyl (C=O) groups excluding carboxylic acids is 1. The third kappa shape index (κ3) is 7.07. The van der Waals surface area contributed by atoms with Gasteiger partial charge in [-0.15, -0.1) is 0 Å². The van der Waals surface area contributed by atoms with Crippen molar-refractivity contribution in [2.24, 2.45) is 5.92 Å². The van der Waals surface area contributed by atoms with Gasteiger partial charge < -0.3 is 14.7 Å². The smallest absolute Gasteiger partial charge is 0.306 e. The summed E-state index contributed by atoms with van der Waals surface area (Å²) in [5.74, 6) is -2.29. The van der Waals surface area contributed by atoms with Crippen LogP contribution in [0.2, 0.25) is 10.0 Å². The minimum absolute atomic E-state index is 0.0873. The van der Waals surface area contributed by atoms with Crippen molar-refractivity contribution >= 4 is 45.2 Å². The maximum atomic E-state index is 14.0. The number of carbonyl (C=O) groups is 2. The van der Waals surface area contributed by atoms with Crippen LogP contribution in [0.5, 0.6) is 0 Å². The first-order chi connectivity index (χ1) is 17.7. The molecule has 4 rings (SSSR count). The van der Waals surface area contributed by atoms with Gasteiger partial charge in [0, 0.05) is 10.0 Å². The Balaban J connectivity index is 1.86. The van der Waals surface area contributed by atoms with E-state index in [0.717, 1.165) is 12.8 Å². The van der Waals surface area contributed by atoms with Crippen molar-refractivity contribution in [2.45, 2.75) is 69.9 Å². The third-order valence-corrected chi connectivity index (χ3v) is 8.44. The van der Waals surface area contributed by atoms with Crippen LogP contribution in [0.25, 0.3) is 0 Å². The van der Waals surface area contributed by atoms with Gasteiger partial charge in [-0.25, -0.2) is 0 Å². The molecule has 0 unspecified atom stereocenters. The van der Waals surface area contributed by atoms with Crippen LogP contribution in [0.15, 0.2) is 48.5 Å². The zero-order chi connectivity index (χ0) is 27.8. The van der Waals surface area contributed by atoms with Gasteiger partial charge in [-0.1, -0.05) is 47.5 Å². The van der Waals surface area contributed by atoms with Gasteiger partial charge in [-0.2, -0.15) is 8.42 Å². The number of morpholine rings is 1. The second kappa shape index (κ2) is 11.1. The molecule has 1 aliphatic heterocycles. The number of rotatable bonds is 9. The lowest BCUT2D eigenvalue weighted by Crippen LogP contribution is -2.57. The van der Waals surface area contributed by atoms with Gasteiger partial charge in [0.15, 0.2) is 0 Å². The van der Waals surface area contributed by atoms with Gasteiger partial charge >= 0.3 is 5.97 Å². The highest BCUT2D eigenvalue weighted by molar-refractivity contribution is 7.86. The molecule has 38 heavy (non-hydrogen) atoms. The fraction of sp³-hybridized carbons (Fsp3) is 0.481. The number of carboxylic acids is 1. The molecule has 0 bridgehead atoms. The molecule has 0 radical (unpaired) electrons. The lowest BCUT2D eigenvalue weighted by molar-refractivity contribution is -0.183. The van der Waals surface area contributed by atoms with Gasteiger partial charge in [0.1, 0.15) is 12.2 Å². The molecule has 1 N–H and O–H groups in total. The second-order valence-electron chi connectivity index (χ2n) is 10.8.